The van der Waals surface area contributed by atoms with Crippen LogP contribution in [0.4, 0.5) is 0 Å². The molecule has 0 radical (unpaired) electrons. The van der Waals surface area contributed by atoms with E-state index in [0.717, 1.165) is 13.0 Å². The maximum absolute atomic E-state index is 12.2. The molecule has 1 saturated heterocycles. The lowest BCUT2D eigenvalue weighted by molar-refractivity contribution is -0.129. The SMILES string of the molecule is CC(C)(C)NC(=O)C1CC(=O)N(CCC2=CCCCC2)C1. The van der Waals surface area contributed by atoms with E-state index in [2.05, 4.69) is 11.4 Å². The average molecular weight is 292 g/mol. The number of nitrogens with one attached hydrogen (secondary N) is 1. The summed E-state index contributed by atoms with van der Waals surface area (Å²) >= 11 is 0. The van der Waals surface area contributed by atoms with Gasteiger partial charge in [0.05, 0.1) is 5.92 Å². The molecule has 0 bridgehead atoms. The minimum Gasteiger partial charge on any atom is -0.351 e. The van der Waals surface area contributed by atoms with Crippen LogP contribution in [0.25, 0.3) is 0 Å². The van der Waals surface area contributed by atoms with Crippen molar-refractivity contribution in [2.45, 2.75) is 64.8 Å². The number of carbonyl (C=O) groups is 2. The van der Waals surface area contributed by atoms with Crippen molar-refractivity contribution in [3.63, 3.8) is 0 Å². The first-order chi connectivity index (χ1) is 9.85. The predicted molar refractivity (Wildman–Crippen MR) is 83.8 cm³/mol. The smallest absolute Gasteiger partial charge is 0.225 e. The maximum atomic E-state index is 12.2. The lowest BCUT2D eigenvalue weighted by Crippen LogP contribution is -2.44. The molecule has 1 N–H and O–H groups in total. The zero-order valence-electron chi connectivity index (χ0n) is 13.6. The molecule has 21 heavy (non-hydrogen) atoms. The molecule has 1 aliphatic heterocycles. The molecule has 2 rings (SSSR count). The van der Waals surface area contributed by atoms with E-state index in [-0.39, 0.29) is 23.3 Å². The molecule has 0 saturated carbocycles. The Bertz CT molecular complexity index is 435. The lowest BCUT2D eigenvalue weighted by atomic mass is 9.97. The van der Waals surface area contributed by atoms with E-state index in [1.807, 2.05) is 25.7 Å². The Morgan fingerprint density at radius 3 is 2.76 bits per heavy atom. The predicted octanol–water partition coefficient (Wildman–Crippen LogP) is 2.64. The van der Waals surface area contributed by atoms with E-state index in [1.54, 1.807) is 0 Å². The van der Waals surface area contributed by atoms with Crippen LogP contribution in [0.3, 0.4) is 0 Å². The molecule has 1 atom stereocenters. The quantitative estimate of drug-likeness (QED) is 0.810. The van der Waals surface area contributed by atoms with Crippen molar-refractivity contribution in [3.05, 3.63) is 11.6 Å². The Labute approximate surface area is 128 Å². The van der Waals surface area contributed by atoms with Gasteiger partial charge in [-0.25, -0.2) is 0 Å². The Morgan fingerprint density at radius 1 is 1.38 bits per heavy atom. The highest BCUT2D eigenvalue weighted by Gasteiger charge is 2.35. The molecule has 4 heteroatoms. The molecular weight excluding hydrogens is 264 g/mol. The number of amides is 2. The second kappa shape index (κ2) is 6.63. The van der Waals surface area contributed by atoms with Gasteiger partial charge in [0.1, 0.15) is 0 Å². The second-order valence-corrected chi connectivity index (χ2v) is 7.34. The van der Waals surface area contributed by atoms with E-state index in [4.69, 9.17) is 0 Å². The van der Waals surface area contributed by atoms with Gasteiger partial charge in [0, 0.05) is 25.0 Å². The van der Waals surface area contributed by atoms with Crippen molar-refractivity contribution < 1.29 is 9.59 Å². The zero-order chi connectivity index (χ0) is 15.5. The highest BCUT2D eigenvalue weighted by Crippen LogP contribution is 2.23. The minimum absolute atomic E-state index is 0.00947. The monoisotopic (exact) mass is 292 g/mol. The van der Waals surface area contributed by atoms with E-state index in [1.165, 1.54) is 31.3 Å². The molecule has 1 aliphatic carbocycles. The van der Waals surface area contributed by atoms with Crippen LogP contribution >= 0.6 is 0 Å². The largest absolute Gasteiger partial charge is 0.351 e. The number of nitrogens with zero attached hydrogens (tertiary/aromatic N) is 1. The van der Waals surface area contributed by atoms with Crippen molar-refractivity contribution in [1.82, 2.24) is 10.2 Å². The summed E-state index contributed by atoms with van der Waals surface area (Å²) in [5, 5.41) is 2.98. The molecule has 2 amide bonds. The normalized spacial score (nSPS) is 23.2. The Morgan fingerprint density at radius 2 is 2.14 bits per heavy atom. The summed E-state index contributed by atoms with van der Waals surface area (Å²) in [5.74, 6) is -0.0484. The van der Waals surface area contributed by atoms with Gasteiger partial charge >= 0.3 is 0 Å². The molecule has 1 unspecified atom stereocenters. The molecular formula is C17H28N2O2. The van der Waals surface area contributed by atoms with Crippen LogP contribution in [0.2, 0.25) is 0 Å². The van der Waals surface area contributed by atoms with Gasteiger partial charge in [0.15, 0.2) is 0 Å². The highest BCUT2D eigenvalue weighted by molar-refractivity contribution is 5.89. The van der Waals surface area contributed by atoms with E-state index in [9.17, 15) is 9.59 Å². The van der Waals surface area contributed by atoms with Crippen molar-refractivity contribution in [3.8, 4) is 0 Å². The fraction of sp³-hybridized carbons (Fsp3) is 0.765. The van der Waals surface area contributed by atoms with E-state index in [0.29, 0.717) is 13.0 Å². The number of hydrogen-bond acceptors (Lipinski definition) is 2. The number of rotatable bonds is 4. The van der Waals surface area contributed by atoms with Gasteiger partial charge in [-0.1, -0.05) is 11.6 Å². The summed E-state index contributed by atoms with van der Waals surface area (Å²) in [4.78, 5) is 26.1. The Hall–Kier alpha value is -1.32. The minimum atomic E-state index is -0.236. The third kappa shape index (κ3) is 4.87. The lowest BCUT2D eigenvalue weighted by Gasteiger charge is -2.23. The van der Waals surface area contributed by atoms with E-state index >= 15 is 0 Å². The fourth-order valence-electron chi connectivity index (χ4n) is 3.05. The summed E-state index contributed by atoms with van der Waals surface area (Å²) in [6.07, 6.45) is 8.58. The van der Waals surface area contributed by atoms with Gasteiger partial charge in [0.2, 0.25) is 11.8 Å². The molecule has 1 heterocycles. The van der Waals surface area contributed by atoms with Gasteiger partial charge in [-0.15, -0.1) is 0 Å². The van der Waals surface area contributed by atoms with Crippen LogP contribution in [0.15, 0.2) is 11.6 Å². The van der Waals surface area contributed by atoms with Gasteiger partial charge in [0.25, 0.3) is 0 Å². The third-order valence-corrected chi connectivity index (χ3v) is 4.17. The third-order valence-electron chi connectivity index (χ3n) is 4.17. The summed E-state index contributed by atoms with van der Waals surface area (Å²) in [5.41, 5.74) is 1.25. The molecule has 0 aromatic rings. The molecule has 4 nitrogen and oxygen atoms in total. The number of likely N-dealkylation sites (tertiary alicyclic amines) is 1. The second-order valence-electron chi connectivity index (χ2n) is 7.34. The molecule has 0 aromatic carbocycles. The first kappa shape index (κ1) is 16.1. The number of hydrogen-bond donors (Lipinski definition) is 1. The van der Waals surface area contributed by atoms with Gasteiger partial charge in [-0.05, 0) is 52.9 Å². The van der Waals surface area contributed by atoms with Gasteiger partial charge in [-0.3, -0.25) is 9.59 Å². The summed E-state index contributed by atoms with van der Waals surface area (Å²) in [7, 11) is 0. The molecule has 2 aliphatic rings. The Balaban J connectivity index is 1.82. The molecule has 0 aromatic heterocycles. The van der Waals surface area contributed by atoms with Crippen LogP contribution < -0.4 is 5.32 Å². The van der Waals surface area contributed by atoms with Crippen LogP contribution in [0, 0.1) is 5.92 Å². The number of allylic oxidation sites excluding steroid dienone is 1. The van der Waals surface area contributed by atoms with Gasteiger partial charge < -0.3 is 10.2 Å². The summed E-state index contributed by atoms with van der Waals surface area (Å²) in [6.45, 7) is 7.25. The van der Waals surface area contributed by atoms with E-state index < -0.39 is 0 Å². The fourth-order valence-corrected chi connectivity index (χ4v) is 3.05. The van der Waals surface area contributed by atoms with Crippen LogP contribution in [0.5, 0.6) is 0 Å². The zero-order valence-corrected chi connectivity index (χ0v) is 13.6. The number of carbonyl (C=O) groups excluding carboxylic acids is 2. The topological polar surface area (TPSA) is 49.4 Å². The first-order valence-corrected chi connectivity index (χ1v) is 8.13. The van der Waals surface area contributed by atoms with Crippen LogP contribution in [-0.2, 0) is 9.59 Å². The van der Waals surface area contributed by atoms with Crippen LogP contribution in [0.1, 0.15) is 59.3 Å². The first-order valence-electron chi connectivity index (χ1n) is 8.13. The van der Waals surface area contributed by atoms with Crippen molar-refractivity contribution in [2.75, 3.05) is 13.1 Å². The average Bonchev–Trinajstić information content (AvgIpc) is 2.77. The molecule has 1 fully saturated rings. The maximum Gasteiger partial charge on any atom is 0.225 e. The Kier molecular flexibility index (Phi) is 5.07. The van der Waals surface area contributed by atoms with Crippen molar-refractivity contribution >= 4 is 11.8 Å². The van der Waals surface area contributed by atoms with Gasteiger partial charge in [-0.2, -0.15) is 0 Å². The summed E-state index contributed by atoms with van der Waals surface area (Å²) in [6, 6.07) is 0. The molecule has 0 spiro atoms. The molecule has 118 valence electrons. The summed E-state index contributed by atoms with van der Waals surface area (Å²) < 4.78 is 0. The van der Waals surface area contributed by atoms with Crippen molar-refractivity contribution in [2.24, 2.45) is 5.92 Å². The van der Waals surface area contributed by atoms with Crippen molar-refractivity contribution in [1.29, 1.82) is 0 Å². The van der Waals surface area contributed by atoms with Crippen LogP contribution in [-0.4, -0.2) is 35.3 Å². The standard InChI is InChI=1S/C17H28N2O2/c1-17(2,3)18-16(21)14-11-15(20)19(12-14)10-9-13-7-5-4-6-8-13/h7,14H,4-6,8-12H2,1-3H3,(H,18,21). The highest BCUT2D eigenvalue weighted by atomic mass is 16.2.